The van der Waals surface area contributed by atoms with Crippen molar-refractivity contribution < 1.29 is 52.0 Å². The summed E-state index contributed by atoms with van der Waals surface area (Å²) in [5.41, 5.74) is 1.21. The number of likely N-dealkylation sites (tertiary alicyclic amines) is 1. The number of nitrogens with zero attached hydrogens (tertiary/aromatic N) is 3. The van der Waals surface area contributed by atoms with Crippen LogP contribution in [0.4, 0.5) is 19.0 Å². The van der Waals surface area contributed by atoms with E-state index < -0.39 is 75.3 Å². The van der Waals surface area contributed by atoms with Gasteiger partial charge < -0.3 is 19.7 Å². The summed E-state index contributed by atoms with van der Waals surface area (Å²) in [6.45, 7) is 0.0577. The highest BCUT2D eigenvalue weighted by Gasteiger charge is 2.71. The fourth-order valence-electron chi connectivity index (χ4n) is 9.45. The van der Waals surface area contributed by atoms with Gasteiger partial charge >= 0.3 is 6.18 Å². The van der Waals surface area contributed by atoms with E-state index in [1.54, 1.807) is 30.3 Å². The second-order valence-corrected chi connectivity index (χ2v) is 15.8. The van der Waals surface area contributed by atoms with Crippen LogP contribution in [0, 0.1) is 23.7 Å². The zero-order chi connectivity index (χ0) is 42.1. The Morgan fingerprint density at radius 3 is 2.27 bits per heavy atom. The minimum Gasteiger partial charge on any atom is -0.508 e. The second kappa shape index (κ2) is 14.8. The summed E-state index contributed by atoms with van der Waals surface area (Å²) in [7, 11) is 2.74. The van der Waals surface area contributed by atoms with Gasteiger partial charge in [0.1, 0.15) is 23.0 Å². The molecule has 2 aliphatic heterocycles. The number of aromatic hydroxyl groups is 2. The lowest BCUT2D eigenvalue weighted by molar-refractivity contribution is -0.141. The number of ether oxygens (including phenoxy) is 2. The summed E-state index contributed by atoms with van der Waals surface area (Å²) in [6.07, 6.45) is -2.17. The molecule has 1 saturated carbocycles. The second-order valence-electron chi connectivity index (χ2n) is 14.9. The summed E-state index contributed by atoms with van der Waals surface area (Å²) >= 11 is 12.6. The van der Waals surface area contributed by atoms with Gasteiger partial charge in [-0.3, -0.25) is 29.5 Å². The Labute approximate surface area is 345 Å². The number of allylic oxidation sites excluding steroid dienone is 2. The first-order valence-corrected chi connectivity index (χ1v) is 19.3. The van der Waals surface area contributed by atoms with Crippen LogP contribution >= 0.6 is 23.2 Å². The van der Waals surface area contributed by atoms with Gasteiger partial charge in [0, 0.05) is 41.4 Å². The number of pyridine rings is 1. The Morgan fingerprint density at radius 1 is 0.915 bits per heavy atom. The molecule has 59 heavy (non-hydrogen) atoms. The standard InChI is InChI=1S/C42H35Cl2F3N4O8/c1-58-25-16-31(53)34(32(17-25)59-2)35-26-11-12-27-33(39(56)50(37(27)54)14-13-20-3-9-24(52)10-4-20)28(26)18-29-38(55)51(40(57)41(29,35)21-5-7-23(43)8-6-21)49-36-30(44)15-22(19-48-36)42(45,46)47/h3-11,15-17,19,27-29,33,35,52-53H,12-14,18H2,1-2H3,(H,48,49). The fraction of sp³-hybridized carbons (Fsp3) is 0.310. The maximum atomic E-state index is 15.5. The van der Waals surface area contributed by atoms with Gasteiger partial charge in [-0.15, -0.1) is 0 Å². The number of alkyl halides is 3. The van der Waals surface area contributed by atoms with E-state index in [0.29, 0.717) is 39.9 Å². The molecule has 0 spiro atoms. The smallest absolute Gasteiger partial charge is 0.417 e. The molecule has 4 aliphatic rings. The Hall–Kier alpha value is -5.80. The molecule has 12 nitrogen and oxygen atoms in total. The highest BCUT2D eigenvalue weighted by molar-refractivity contribution is 6.33. The van der Waals surface area contributed by atoms with Gasteiger partial charge in [0.15, 0.2) is 5.82 Å². The number of phenolic OH excluding ortho intramolecular Hbond substituents is 2. The zero-order valence-corrected chi connectivity index (χ0v) is 32.8. The zero-order valence-electron chi connectivity index (χ0n) is 31.3. The quantitative estimate of drug-likeness (QED) is 0.118. The number of carbonyl (C=O) groups excluding carboxylic acids is 4. The minimum atomic E-state index is -4.78. The molecule has 306 valence electrons. The van der Waals surface area contributed by atoms with Gasteiger partial charge in [0.05, 0.1) is 48.0 Å². The highest BCUT2D eigenvalue weighted by Crippen LogP contribution is 2.66. The van der Waals surface area contributed by atoms with Crippen molar-refractivity contribution in [2.75, 3.05) is 26.2 Å². The number of carbonyl (C=O) groups is 4. The number of amides is 4. The van der Waals surface area contributed by atoms with Gasteiger partial charge in [-0.2, -0.15) is 18.2 Å². The molecule has 6 unspecified atom stereocenters. The number of hydrogen-bond acceptors (Lipinski definition) is 10. The van der Waals surface area contributed by atoms with Crippen LogP contribution in [0.25, 0.3) is 0 Å². The van der Waals surface area contributed by atoms with E-state index in [-0.39, 0.29) is 53.9 Å². The molecule has 4 amide bonds. The number of hydrazine groups is 1. The fourth-order valence-corrected chi connectivity index (χ4v) is 9.78. The number of rotatable bonds is 9. The van der Waals surface area contributed by atoms with Gasteiger partial charge in [0.2, 0.25) is 11.8 Å². The number of fused-ring (bicyclic) bond motifs is 4. The van der Waals surface area contributed by atoms with Crippen molar-refractivity contribution in [3.63, 3.8) is 0 Å². The molecule has 0 radical (unpaired) electrons. The van der Waals surface area contributed by atoms with Gasteiger partial charge in [0.25, 0.3) is 11.8 Å². The summed E-state index contributed by atoms with van der Waals surface area (Å²) in [5, 5.41) is 22.1. The van der Waals surface area contributed by atoms with Gasteiger partial charge in [-0.1, -0.05) is 59.1 Å². The molecule has 8 rings (SSSR count). The molecular weight excluding hydrogens is 816 g/mol. The van der Waals surface area contributed by atoms with Crippen molar-refractivity contribution in [3.05, 3.63) is 117 Å². The summed E-state index contributed by atoms with van der Waals surface area (Å²) < 4.78 is 51.9. The first-order chi connectivity index (χ1) is 28.1. The minimum absolute atomic E-state index is 0.0577. The molecule has 1 aromatic heterocycles. The first-order valence-electron chi connectivity index (χ1n) is 18.5. The molecule has 0 bridgehead atoms. The maximum absolute atomic E-state index is 15.5. The van der Waals surface area contributed by atoms with E-state index >= 15 is 4.79 Å². The Bertz CT molecular complexity index is 2430. The first kappa shape index (κ1) is 40.0. The van der Waals surface area contributed by atoms with Crippen molar-refractivity contribution in [1.29, 1.82) is 0 Å². The van der Waals surface area contributed by atoms with Crippen LogP contribution in [-0.2, 0) is 37.2 Å². The lowest BCUT2D eigenvalue weighted by Crippen LogP contribution is -2.53. The molecule has 2 saturated heterocycles. The molecular formula is C42H35Cl2F3N4O8. The van der Waals surface area contributed by atoms with Crippen LogP contribution < -0.4 is 14.9 Å². The summed E-state index contributed by atoms with van der Waals surface area (Å²) in [6, 6.07) is 16.1. The van der Waals surface area contributed by atoms with Crippen LogP contribution in [0.15, 0.2) is 84.6 Å². The average Bonchev–Trinajstić information content (AvgIpc) is 3.58. The van der Waals surface area contributed by atoms with Gasteiger partial charge in [-0.25, -0.2) is 4.98 Å². The van der Waals surface area contributed by atoms with Crippen molar-refractivity contribution >= 4 is 52.6 Å². The van der Waals surface area contributed by atoms with Crippen LogP contribution in [-0.4, -0.2) is 69.5 Å². The number of nitrogens with one attached hydrogen (secondary N) is 1. The van der Waals surface area contributed by atoms with E-state index in [4.69, 9.17) is 32.7 Å². The van der Waals surface area contributed by atoms with Crippen LogP contribution in [0.3, 0.4) is 0 Å². The number of aromatic nitrogens is 1. The predicted octanol–water partition coefficient (Wildman–Crippen LogP) is 7.06. The van der Waals surface area contributed by atoms with E-state index in [1.807, 2.05) is 0 Å². The molecule has 2 aliphatic carbocycles. The number of hydrogen-bond donors (Lipinski definition) is 3. The van der Waals surface area contributed by atoms with E-state index in [9.17, 15) is 37.8 Å². The Kier molecular flexibility index (Phi) is 10.0. The third kappa shape index (κ3) is 6.41. The number of methoxy groups -OCH3 is 2. The van der Waals surface area contributed by atoms with Crippen LogP contribution in [0.1, 0.15) is 41.0 Å². The largest absolute Gasteiger partial charge is 0.508 e. The maximum Gasteiger partial charge on any atom is 0.417 e. The van der Waals surface area contributed by atoms with Crippen LogP contribution in [0.5, 0.6) is 23.0 Å². The molecule has 3 N–H and O–H groups in total. The summed E-state index contributed by atoms with van der Waals surface area (Å²) in [5.74, 6) is -8.00. The SMILES string of the molecule is COc1cc(O)c(C2C3=CCC4C(=O)N(CCc5ccc(O)cc5)C(=O)C4C3CC3C(=O)N(Nc4ncc(C(F)(F)F)cc4Cl)C(=O)C32c2ccc(Cl)cc2)c(OC)c1. The van der Waals surface area contributed by atoms with Crippen molar-refractivity contribution in [2.45, 2.75) is 36.8 Å². The van der Waals surface area contributed by atoms with Crippen molar-refractivity contribution in [3.8, 4) is 23.0 Å². The average molecular weight is 852 g/mol. The molecule has 6 atom stereocenters. The third-order valence-electron chi connectivity index (χ3n) is 12.0. The number of phenols is 2. The molecule has 3 heterocycles. The lowest BCUT2D eigenvalue weighted by Gasteiger charge is -2.50. The van der Waals surface area contributed by atoms with E-state index in [1.165, 1.54) is 55.5 Å². The monoisotopic (exact) mass is 850 g/mol. The van der Waals surface area contributed by atoms with Crippen molar-refractivity contribution in [2.24, 2.45) is 23.7 Å². The highest BCUT2D eigenvalue weighted by atomic mass is 35.5. The number of imide groups is 2. The van der Waals surface area contributed by atoms with Crippen LogP contribution in [0.2, 0.25) is 10.0 Å². The number of halogens is 5. The molecule has 17 heteroatoms. The van der Waals surface area contributed by atoms with Gasteiger partial charge in [-0.05, 0) is 66.6 Å². The Balaban J connectivity index is 1.29. The van der Waals surface area contributed by atoms with E-state index in [2.05, 4.69) is 10.4 Å². The summed E-state index contributed by atoms with van der Waals surface area (Å²) in [4.78, 5) is 64.0. The topological polar surface area (TPSA) is 159 Å². The predicted molar refractivity (Wildman–Crippen MR) is 207 cm³/mol. The molecule has 3 fully saturated rings. The third-order valence-corrected chi connectivity index (χ3v) is 12.6. The molecule has 3 aromatic carbocycles. The number of anilines is 1. The van der Waals surface area contributed by atoms with Crippen molar-refractivity contribution in [1.82, 2.24) is 14.9 Å². The Morgan fingerprint density at radius 2 is 1.63 bits per heavy atom. The number of benzene rings is 3. The normalized spacial score (nSPS) is 25.1. The molecule has 4 aromatic rings. The lowest BCUT2D eigenvalue weighted by atomic mass is 9.49. The van der Waals surface area contributed by atoms with E-state index in [0.717, 1.165) is 5.56 Å².